The van der Waals surface area contributed by atoms with Crippen molar-refractivity contribution in [3.63, 3.8) is 0 Å². The highest BCUT2D eigenvalue weighted by atomic mass is 32.1. The lowest BCUT2D eigenvalue weighted by atomic mass is 9.99. The fourth-order valence-corrected chi connectivity index (χ4v) is 5.36. The number of rotatable bonds is 6. The molecule has 1 aromatic carbocycles. The minimum Gasteiger partial charge on any atom is -0.350 e. The molecule has 2 atom stereocenters. The van der Waals surface area contributed by atoms with Crippen LogP contribution in [0.25, 0.3) is 0 Å². The highest BCUT2D eigenvalue weighted by molar-refractivity contribution is 7.12. The molecule has 1 N–H and O–H groups in total. The first kappa shape index (κ1) is 21.1. The van der Waals surface area contributed by atoms with E-state index < -0.39 is 0 Å². The maximum absolute atomic E-state index is 12.9. The van der Waals surface area contributed by atoms with Crippen molar-refractivity contribution < 1.29 is 9.59 Å². The highest BCUT2D eigenvalue weighted by Crippen LogP contribution is 2.23. The van der Waals surface area contributed by atoms with Crippen LogP contribution in [0, 0.1) is 5.92 Å². The lowest BCUT2D eigenvalue weighted by Crippen LogP contribution is -2.45. The first-order chi connectivity index (χ1) is 14.6. The number of piperidine rings is 1. The van der Waals surface area contributed by atoms with Crippen LogP contribution >= 0.6 is 11.3 Å². The normalized spacial score (nSPS) is 22.2. The predicted molar refractivity (Wildman–Crippen MR) is 120 cm³/mol. The zero-order chi connectivity index (χ0) is 20.9. The van der Waals surface area contributed by atoms with Gasteiger partial charge in [-0.15, -0.1) is 11.3 Å². The van der Waals surface area contributed by atoms with Crippen LogP contribution in [0.2, 0.25) is 0 Å². The SMILES string of the molecule is CC1CCCN(Cc2ccccc2CNC(=O)[C@@H]2CCCN2C(=O)c2cccs2)C1. The minimum atomic E-state index is -0.366. The summed E-state index contributed by atoms with van der Waals surface area (Å²) in [7, 11) is 0. The van der Waals surface area contributed by atoms with Gasteiger partial charge in [0.05, 0.1) is 4.88 Å². The Bertz CT molecular complexity index is 867. The third-order valence-corrected chi connectivity index (χ3v) is 7.11. The van der Waals surface area contributed by atoms with Gasteiger partial charge in [-0.3, -0.25) is 14.5 Å². The van der Waals surface area contributed by atoms with Gasteiger partial charge in [-0.2, -0.15) is 0 Å². The minimum absolute atomic E-state index is 0.0257. The average molecular weight is 426 g/mol. The molecule has 2 amide bonds. The monoisotopic (exact) mass is 425 g/mol. The van der Waals surface area contributed by atoms with Gasteiger partial charge in [0.2, 0.25) is 5.91 Å². The zero-order valence-electron chi connectivity index (χ0n) is 17.7. The van der Waals surface area contributed by atoms with Gasteiger partial charge in [0, 0.05) is 26.2 Å². The second-order valence-corrected chi connectivity index (χ2v) is 9.55. The largest absolute Gasteiger partial charge is 0.350 e. The number of hydrogen-bond acceptors (Lipinski definition) is 4. The van der Waals surface area contributed by atoms with Crippen LogP contribution < -0.4 is 5.32 Å². The van der Waals surface area contributed by atoms with Crippen molar-refractivity contribution >= 4 is 23.2 Å². The summed E-state index contributed by atoms with van der Waals surface area (Å²) in [6.45, 7) is 6.70. The molecule has 0 aliphatic carbocycles. The molecule has 160 valence electrons. The van der Waals surface area contributed by atoms with Crippen LogP contribution in [0.5, 0.6) is 0 Å². The maximum Gasteiger partial charge on any atom is 0.264 e. The quantitative estimate of drug-likeness (QED) is 0.764. The third-order valence-electron chi connectivity index (χ3n) is 6.25. The Balaban J connectivity index is 1.37. The molecule has 4 rings (SSSR count). The van der Waals surface area contributed by atoms with E-state index in [0.29, 0.717) is 18.0 Å². The molecule has 0 radical (unpaired) electrons. The van der Waals surface area contributed by atoms with Crippen molar-refractivity contribution in [2.45, 2.75) is 51.7 Å². The van der Waals surface area contributed by atoms with Gasteiger partial charge in [0.15, 0.2) is 0 Å². The topological polar surface area (TPSA) is 52.7 Å². The van der Waals surface area contributed by atoms with Crippen LogP contribution in [-0.4, -0.2) is 47.3 Å². The Labute approximate surface area is 183 Å². The molecular weight excluding hydrogens is 394 g/mol. The number of likely N-dealkylation sites (tertiary alicyclic amines) is 2. The van der Waals surface area contributed by atoms with Crippen molar-refractivity contribution in [2.24, 2.45) is 5.92 Å². The smallest absolute Gasteiger partial charge is 0.264 e. The molecule has 0 saturated carbocycles. The molecule has 2 saturated heterocycles. The number of nitrogens with one attached hydrogen (secondary N) is 1. The maximum atomic E-state index is 12.9. The molecule has 5 nitrogen and oxygen atoms in total. The number of thiophene rings is 1. The van der Waals surface area contributed by atoms with Gasteiger partial charge < -0.3 is 10.2 Å². The summed E-state index contributed by atoms with van der Waals surface area (Å²) in [4.78, 5) is 30.6. The molecule has 2 aliphatic rings. The molecule has 1 unspecified atom stereocenters. The van der Waals surface area contributed by atoms with Crippen molar-refractivity contribution in [2.75, 3.05) is 19.6 Å². The third kappa shape index (κ3) is 4.93. The average Bonchev–Trinajstić information content (AvgIpc) is 3.45. The number of carbonyl (C=O) groups excluding carboxylic acids is 2. The van der Waals surface area contributed by atoms with Crippen molar-refractivity contribution in [3.05, 3.63) is 57.8 Å². The lowest BCUT2D eigenvalue weighted by molar-refractivity contribution is -0.125. The van der Waals surface area contributed by atoms with Gasteiger partial charge in [0.1, 0.15) is 6.04 Å². The fourth-order valence-electron chi connectivity index (χ4n) is 4.68. The standard InChI is InChI=1S/C24H31N3O2S/c1-18-7-4-12-26(16-18)17-20-9-3-2-8-19(20)15-25-23(28)21-10-5-13-27(21)24(29)22-11-6-14-30-22/h2-3,6,8-9,11,14,18,21H,4-5,7,10,12-13,15-17H2,1H3,(H,25,28)/t18?,21-/m0/s1. The van der Waals surface area contributed by atoms with Crippen LogP contribution in [0.1, 0.15) is 53.4 Å². The summed E-state index contributed by atoms with van der Waals surface area (Å²) in [5.41, 5.74) is 2.45. The Kier molecular flexibility index (Phi) is 6.85. The van der Waals surface area contributed by atoms with Gasteiger partial charge in [0.25, 0.3) is 5.91 Å². The first-order valence-corrected chi connectivity index (χ1v) is 11.9. The molecule has 0 spiro atoms. The summed E-state index contributed by atoms with van der Waals surface area (Å²) >= 11 is 1.43. The van der Waals surface area contributed by atoms with E-state index in [2.05, 4.69) is 35.3 Å². The number of nitrogens with zero attached hydrogens (tertiary/aromatic N) is 2. The first-order valence-electron chi connectivity index (χ1n) is 11.0. The van der Waals surface area contributed by atoms with E-state index in [1.54, 1.807) is 4.90 Å². The lowest BCUT2D eigenvalue weighted by Gasteiger charge is -2.31. The number of amides is 2. The molecule has 1 aromatic heterocycles. The van der Waals surface area contributed by atoms with Gasteiger partial charge in [-0.25, -0.2) is 0 Å². The Morgan fingerprint density at radius 1 is 1.07 bits per heavy atom. The second kappa shape index (κ2) is 9.75. The van der Waals surface area contributed by atoms with Gasteiger partial charge >= 0.3 is 0 Å². The van der Waals surface area contributed by atoms with Crippen LogP contribution in [0.15, 0.2) is 41.8 Å². The molecule has 30 heavy (non-hydrogen) atoms. The van der Waals surface area contributed by atoms with E-state index in [4.69, 9.17) is 0 Å². The van der Waals surface area contributed by atoms with Crippen molar-refractivity contribution in [1.82, 2.24) is 15.1 Å². The van der Waals surface area contributed by atoms with Crippen molar-refractivity contribution in [1.29, 1.82) is 0 Å². The number of carbonyl (C=O) groups is 2. The van der Waals surface area contributed by atoms with Crippen LogP contribution in [0.4, 0.5) is 0 Å². The second-order valence-electron chi connectivity index (χ2n) is 8.60. The summed E-state index contributed by atoms with van der Waals surface area (Å²) in [6.07, 6.45) is 4.18. The Morgan fingerprint density at radius 3 is 2.63 bits per heavy atom. The summed E-state index contributed by atoms with van der Waals surface area (Å²) in [5, 5.41) is 5.01. The summed E-state index contributed by atoms with van der Waals surface area (Å²) in [6, 6.07) is 11.7. The Hall–Kier alpha value is -2.18. The summed E-state index contributed by atoms with van der Waals surface area (Å²) < 4.78 is 0. The predicted octanol–water partition coefficient (Wildman–Crippen LogP) is 3.90. The summed E-state index contributed by atoms with van der Waals surface area (Å²) in [5.74, 6) is 0.681. The van der Waals surface area contributed by atoms with E-state index in [1.807, 2.05) is 23.6 Å². The van der Waals surface area contributed by atoms with E-state index in [1.165, 1.54) is 35.3 Å². The zero-order valence-corrected chi connectivity index (χ0v) is 18.5. The van der Waals surface area contributed by atoms with Crippen molar-refractivity contribution in [3.8, 4) is 0 Å². The molecule has 2 aromatic rings. The number of benzene rings is 1. The van der Waals surface area contributed by atoms with E-state index in [0.717, 1.165) is 38.4 Å². The van der Waals surface area contributed by atoms with E-state index in [-0.39, 0.29) is 17.9 Å². The molecular formula is C24H31N3O2S. The van der Waals surface area contributed by atoms with Gasteiger partial charge in [-0.05, 0) is 60.7 Å². The molecule has 2 aliphatic heterocycles. The van der Waals surface area contributed by atoms with Crippen LogP contribution in [0.3, 0.4) is 0 Å². The van der Waals surface area contributed by atoms with E-state index >= 15 is 0 Å². The molecule has 3 heterocycles. The highest BCUT2D eigenvalue weighted by Gasteiger charge is 2.34. The number of hydrogen-bond donors (Lipinski definition) is 1. The molecule has 0 bridgehead atoms. The molecule has 6 heteroatoms. The molecule has 2 fully saturated rings. The fraction of sp³-hybridized carbons (Fsp3) is 0.500. The van der Waals surface area contributed by atoms with E-state index in [9.17, 15) is 9.59 Å². The van der Waals surface area contributed by atoms with Gasteiger partial charge in [-0.1, -0.05) is 37.3 Å². The van der Waals surface area contributed by atoms with Crippen LogP contribution in [-0.2, 0) is 17.9 Å². The Morgan fingerprint density at radius 2 is 1.87 bits per heavy atom.